The van der Waals surface area contributed by atoms with Crippen molar-refractivity contribution in [2.24, 2.45) is 0 Å². The Morgan fingerprint density at radius 3 is 2.22 bits per heavy atom. The minimum absolute atomic E-state index is 0.0121. The van der Waals surface area contributed by atoms with Crippen molar-refractivity contribution in [3.05, 3.63) is 41.6 Å². The van der Waals surface area contributed by atoms with Crippen LogP contribution in [0.25, 0.3) is 0 Å². The smallest absolute Gasteiger partial charge is 0.410 e. The predicted molar refractivity (Wildman–Crippen MR) is 120 cm³/mol. The predicted octanol–water partition coefficient (Wildman–Crippen LogP) is 2.82. The molecule has 176 valence electrons. The number of benzene rings is 1. The molecule has 0 bridgehead atoms. The van der Waals surface area contributed by atoms with Gasteiger partial charge < -0.3 is 29.7 Å². The first-order chi connectivity index (χ1) is 15.1. The molecule has 1 fully saturated rings. The van der Waals surface area contributed by atoms with E-state index in [-0.39, 0.29) is 11.8 Å². The summed E-state index contributed by atoms with van der Waals surface area (Å²) in [6.07, 6.45) is 2.51. The molecular formula is C23H33N3O6. The van der Waals surface area contributed by atoms with Gasteiger partial charge in [0.05, 0.1) is 20.3 Å². The van der Waals surface area contributed by atoms with Crippen LogP contribution in [-0.2, 0) is 30.3 Å². The maximum Gasteiger partial charge on any atom is 0.410 e. The van der Waals surface area contributed by atoms with Crippen LogP contribution < -0.4 is 10.6 Å². The molecule has 0 atom stereocenters. The van der Waals surface area contributed by atoms with Gasteiger partial charge in [-0.3, -0.25) is 0 Å². The maximum absolute atomic E-state index is 12.2. The number of nitrogens with one attached hydrogen (secondary N) is 2. The third kappa shape index (κ3) is 8.22. The van der Waals surface area contributed by atoms with Gasteiger partial charge in [0.25, 0.3) is 0 Å². The summed E-state index contributed by atoms with van der Waals surface area (Å²) in [7, 11) is 2.47. The summed E-state index contributed by atoms with van der Waals surface area (Å²) < 4.78 is 14.7. The highest BCUT2D eigenvalue weighted by atomic mass is 16.6. The fraction of sp³-hybridized carbons (Fsp3) is 0.522. The minimum Gasteiger partial charge on any atom is -0.466 e. The molecule has 0 radical (unpaired) electrons. The summed E-state index contributed by atoms with van der Waals surface area (Å²) in [5.41, 5.74) is 1.21. The Hall–Kier alpha value is -3.07. The second-order valence-electron chi connectivity index (χ2n) is 8.52. The second kappa shape index (κ2) is 11.5. The monoisotopic (exact) mass is 447 g/mol. The normalized spacial score (nSPS) is 15.2. The zero-order valence-electron chi connectivity index (χ0n) is 19.4. The number of carbonyl (C=O) groups is 3. The van der Waals surface area contributed by atoms with Crippen molar-refractivity contribution in [2.75, 3.05) is 32.6 Å². The zero-order chi connectivity index (χ0) is 23.7. The Bertz CT molecular complexity index is 821. The number of hydrogen-bond donors (Lipinski definition) is 2. The topological polar surface area (TPSA) is 106 Å². The summed E-state index contributed by atoms with van der Waals surface area (Å²) >= 11 is 0. The first-order valence-electron chi connectivity index (χ1n) is 10.6. The molecule has 9 heteroatoms. The van der Waals surface area contributed by atoms with Gasteiger partial charge in [-0.2, -0.15) is 0 Å². The lowest BCUT2D eigenvalue weighted by Crippen LogP contribution is -2.46. The summed E-state index contributed by atoms with van der Waals surface area (Å²) in [4.78, 5) is 37.2. The average molecular weight is 448 g/mol. The Balaban J connectivity index is 1.83. The van der Waals surface area contributed by atoms with E-state index in [0.29, 0.717) is 31.4 Å². The van der Waals surface area contributed by atoms with Gasteiger partial charge in [0.15, 0.2) is 0 Å². The number of ether oxygens (including phenoxy) is 3. The number of rotatable bonds is 7. The fourth-order valence-corrected chi connectivity index (χ4v) is 3.15. The lowest BCUT2D eigenvalue weighted by molar-refractivity contribution is -0.138. The molecule has 1 saturated heterocycles. The van der Waals surface area contributed by atoms with Crippen molar-refractivity contribution >= 4 is 23.7 Å². The second-order valence-corrected chi connectivity index (χ2v) is 8.52. The van der Waals surface area contributed by atoms with E-state index in [1.54, 1.807) is 4.90 Å². The number of hydrogen-bond acceptors (Lipinski definition) is 8. The third-order valence-electron chi connectivity index (χ3n) is 4.84. The molecule has 0 saturated carbocycles. The molecule has 1 amide bonds. The molecule has 1 aliphatic rings. The molecular weight excluding hydrogens is 414 g/mol. The van der Waals surface area contributed by atoms with Crippen LogP contribution in [0.15, 0.2) is 36.0 Å². The Kier molecular flexibility index (Phi) is 9.07. The van der Waals surface area contributed by atoms with Crippen LogP contribution in [0.5, 0.6) is 0 Å². The molecule has 1 heterocycles. The third-order valence-corrected chi connectivity index (χ3v) is 4.84. The number of piperidine rings is 1. The Morgan fingerprint density at radius 1 is 1.06 bits per heavy atom. The summed E-state index contributed by atoms with van der Waals surface area (Å²) in [6.45, 7) is 7.61. The van der Waals surface area contributed by atoms with E-state index in [4.69, 9.17) is 4.74 Å². The molecule has 0 aliphatic carbocycles. The molecule has 2 N–H and O–H groups in total. The summed E-state index contributed by atoms with van der Waals surface area (Å²) in [5.74, 6) is -1.32. The molecule has 1 aliphatic heterocycles. The highest BCUT2D eigenvalue weighted by Gasteiger charge is 2.26. The maximum atomic E-state index is 12.2. The van der Waals surface area contributed by atoms with Gasteiger partial charge in [0.2, 0.25) is 0 Å². The van der Waals surface area contributed by atoms with E-state index in [2.05, 4.69) is 20.1 Å². The highest BCUT2D eigenvalue weighted by Crippen LogP contribution is 2.17. The largest absolute Gasteiger partial charge is 0.466 e. The van der Waals surface area contributed by atoms with E-state index in [0.717, 1.165) is 24.5 Å². The van der Waals surface area contributed by atoms with Gasteiger partial charge in [-0.25, -0.2) is 14.4 Å². The van der Waals surface area contributed by atoms with E-state index in [1.807, 2.05) is 45.0 Å². The molecule has 9 nitrogen and oxygen atoms in total. The fourth-order valence-electron chi connectivity index (χ4n) is 3.15. The van der Waals surface area contributed by atoms with Gasteiger partial charge in [-0.15, -0.1) is 0 Å². The minimum atomic E-state index is -0.668. The molecule has 2 rings (SSSR count). The van der Waals surface area contributed by atoms with Crippen molar-refractivity contribution in [3.8, 4) is 0 Å². The number of anilines is 1. The number of amides is 1. The van der Waals surface area contributed by atoms with Crippen LogP contribution in [-0.4, -0.2) is 61.9 Å². The molecule has 32 heavy (non-hydrogen) atoms. The summed E-state index contributed by atoms with van der Waals surface area (Å²) in [6, 6.07) is 7.81. The average Bonchev–Trinajstić information content (AvgIpc) is 2.76. The van der Waals surface area contributed by atoms with E-state index in [9.17, 15) is 14.4 Å². The van der Waals surface area contributed by atoms with Gasteiger partial charge >= 0.3 is 18.0 Å². The number of esters is 2. The van der Waals surface area contributed by atoms with Crippen molar-refractivity contribution in [1.29, 1.82) is 0 Å². The standard InChI is InChI=1S/C23H33N3O6/c1-23(2,3)32-22(29)26-12-10-17(11-13-26)24-15-16-6-8-18(9-7-16)25-19(21(28)31-5)14-20(27)30-4/h6-9,14,17,24-25H,10-13,15H2,1-5H3/b19-14+. The molecule has 1 aromatic rings. The number of likely N-dealkylation sites (tertiary alicyclic amines) is 1. The molecule has 0 spiro atoms. The van der Waals surface area contributed by atoms with Crippen LogP contribution in [0.2, 0.25) is 0 Å². The quantitative estimate of drug-likeness (QED) is 0.373. The van der Waals surface area contributed by atoms with Gasteiger partial charge in [0.1, 0.15) is 11.3 Å². The number of methoxy groups -OCH3 is 2. The molecule has 0 unspecified atom stereocenters. The number of nitrogens with zero attached hydrogens (tertiary/aromatic N) is 1. The van der Waals surface area contributed by atoms with Gasteiger partial charge in [0, 0.05) is 31.4 Å². The summed E-state index contributed by atoms with van der Waals surface area (Å²) in [5, 5.41) is 6.40. The van der Waals surface area contributed by atoms with Crippen molar-refractivity contribution in [3.63, 3.8) is 0 Å². The first kappa shape index (κ1) is 25.2. The van der Waals surface area contributed by atoms with Crippen molar-refractivity contribution < 1.29 is 28.6 Å². The highest BCUT2D eigenvalue weighted by molar-refractivity contribution is 5.98. The molecule has 1 aromatic carbocycles. The van der Waals surface area contributed by atoms with Crippen LogP contribution in [0.3, 0.4) is 0 Å². The van der Waals surface area contributed by atoms with Crippen LogP contribution in [0, 0.1) is 0 Å². The van der Waals surface area contributed by atoms with E-state index in [1.165, 1.54) is 14.2 Å². The zero-order valence-corrected chi connectivity index (χ0v) is 19.4. The van der Waals surface area contributed by atoms with Crippen molar-refractivity contribution in [2.45, 2.75) is 51.8 Å². The van der Waals surface area contributed by atoms with Crippen LogP contribution in [0.1, 0.15) is 39.2 Å². The Morgan fingerprint density at radius 2 is 1.69 bits per heavy atom. The molecule has 0 aromatic heterocycles. The van der Waals surface area contributed by atoms with Gasteiger partial charge in [-0.1, -0.05) is 12.1 Å². The lowest BCUT2D eigenvalue weighted by Gasteiger charge is -2.33. The van der Waals surface area contributed by atoms with Gasteiger partial charge in [-0.05, 0) is 51.3 Å². The first-order valence-corrected chi connectivity index (χ1v) is 10.6. The van der Waals surface area contributed by atoms with E-state index >= 15 is 0 Å². The van der Waals surface area contributed by atoms with Crippen LogP contribution >= 0.6 is 0 Å². The van der Waals surface area contributed by atoms with E-state index < -0.39 is 17.5 Å². The lowest BCUT2D eigenvalue weighted by atomic mass is 10.0. The van der Waals surface area contributed by atoms with Crippen molar-refractivity contribution in [1.82, 2.24) is 10.2 Å². The Labute approximate surface area is 189 Å². The SMILES string of the molecule is COC(=O)/C=C(/Nc1ccc(CNC2CCN(C(=O)OC(C)(C)C)CC2)cc1)C(=O)OC. The number of carbonyl (C=O) groups excluding carboxylic acids is 3. The van der Waals surface area contributed by atoms with Crippen LogP contribution in [0.4, 0.5) is 10.5 Å².